The van der Waals surface area contributed by atoms with Gasteiger partial charge in [0.15, 0.2) is 0 Å². The third-order valence-corrected chi connectivity index (χ3v) is 3.17. The van der Waals surface area contributed by atoms with Crippen LogP contribution in [0.5, 0.6) is 0 Å². The maximum atomic E-state index is 12.0. The SMILES string of the molecule is C=C1OB(c2ccccc2NC(=O)OC(C)(C)C)OC1(C)C. The van der Waals surface area contributed by atoms with Gasteiger partial charge in [-0.05, 0) is 40.7 Å². The van der Waals surface area contributed by atoms with Crippen molar-refractivity contribution < 1.29 is 18.8 Å². The molecule has 6 heteroatoms. The number of amides is 1. The average Bonchev–Trinajstić information content (AvgIpc) is 2.62. The summed E-state index contributed by atoms with van der Waals surface area (Å²) in [7, 11) is -0.603. The molecule has 1 heterocycles. The average molecular weight is 303 g/mol. The first-order valence-electron chi connectivity index (χ1n) is 7.21. The highest BCUT2D eigenvalue weighted by Crippen LogP contribution is 2.30. The second-order valence-corrected chi connectivity index (χ2v) is 6.72. The van der Waals surface area contributed by atoms with Crippen LogP contribution in [-0.4, -0.2) is 24.4 Å². The molecule has 0 atom stereocenters. The summed E-state index contributed by atoms with van der Waals surface area (Å²) in [6.45, 7) is 13.1. The van der Waals surface area contributed by atoms with Gasteiger partial charge in [0.05, 0.1) is 5.76 Å². The van der Waals surface area contributed by atoms with Gasteiger partial charge in [-0.15, -0.1) is 0 Å². The van der Waals surface area contributed by atoms with Crippen molar-refractivity contribution in [2.45, 2.75) is 45.8 Å². The van der Waals surface area contributed by atoms with E-state index in [0.717, 1.165) is 5.46 Å². The zero-order chi connectivity index (χ0) is 16.5. The third-order valence-electron chi connectivity index (χ3n) is 3.17. The summed E-state index contributed by atoms with van der Waals surface area (Å²) in [5.74, 6) is 0.560. The van der Waals surface area contributed by atoms with E-state index in [9.17, 15) is 4.79 Å². The van der Waals surface area contributed by atoms with Gasteiger partial charge in [-0.25, -0.2) is 4.79 Å². The number of benzene rings is 1. The van der Waals surface area contributed by atoms with E-state index in [1.807, 2.05) is 52.8 Å². The molecule has 0 saturated carbocycles. The van der Waals surface area contributed by atoms with Crippen LogP contribution < -0.4 is 10.8 Å². The lowest BCUT2D eigenvalue weighted by molar-refractivity contribution is 0.0636. The summed E-state index contributed by atoms with van der Waals surface area (Å²) < 4.78 is 16.8. The minimum Gasteiger partial charge on any atom is -0.534 e. The molecule has 5 nitrogen and oxygen atoms in total. The van der Waals surface area contributed by atoms with Crippen molar-refractivity contribution in [2.75, 3.05) is 5.32 Å². The Balaban J connectivity index is 2.18. The molecule has 0 aromatic heterocycles. The van der Waals surface area contributed by atoms with Crippen molar-refractivity contribution in [3.63, 3.8) is 0 Å². The van der Waals surface area contributed by atoms with Gasteiger partial charge in [0.1, 0.15) is 11.2 Å². The van der Waals surface area contributed by atoms with Crippen LogP contribution in [0.3, 0.4) is 0 Å². The molecular formula is C16H22BNO4. The van der Waals surface area contributed by atoms with Gasteiger partial charge >= 0.3 is 13.2 Å². The van der Waals surface area contributed by atoms with Crippen LogP contribution in [0, 0.1) is 0 Å². The van der Waals surface area contributed by atoms with Gasteiger partial charge in [0.2, 0.25) is 0 Å². The maximum Gasteiger partial charge on any atom is 0.565 e. The number of anilines is 1. The zero-order valence-electron chi connectivity index (χ0n) is 13.7. The Bertz CT molecular complexity index is 592. The van der Waals surface area contributed by atoms with E-state index >= 15 is 0 Å². The quantitative estimate of drug-likeness (QED) is 0.853. The highest BCUT2D eigenvalue weighted by Gasteiger charge is 2.43. The second-order valence-electron chi connectivity index (χ2n) is 6.72. The van der Waals surface area contributed by atoms with E-state index in [1.165, 1.54) is 0 Å². The minimum atomic E-state index is -0.603. The van der Waals surface area contributed by atoms with Crippen molar-refractivity contribution in [1.29, 1.82) is 0 Å². The Labute approximate surface area is 131 Å². The molecule has 1 N–H and O–H groups in total. The molecule has 0 spiro atoms. The first kappa shape index (κ1) is 16.4. The molecule has 1 amide bonds. The Hall–Kier alpha value is -1.95. The molecule has 0 aliphatic carbocycles. The minimum absolute atomic E-state index is 0.518. The van der Waals surface area contributed by atoms with Gasteiger partial charge in [-0.1, -0.05) is 24.8 Å². The first-order valence-corrected chi connectivity index (χ1v) is 7.21. The van der Waals surface area contributed by atoms with Crippen LogP contribution in [0.15, 0.2) is 36.6 Å². The first-order chi connectivity index (χ1) is 10.1. The van der Waals surface area contributed by atoms with Gasteiger partial charge in [0, 0.05) is 11.2 Å². The fourth-order valence-corrected chi connectivity index (χ4v) is 1.99. The molecule has 0 bridgehead atoms. The van der Waals surface area contributed by atoms with E-state index in [1.54, 1.807) is 6.07 Å². The number of carbonyl (C=O) groups is 1. The van der Waals surface area contributed by atoms with E-state index in [2.05, 4.69) is 11.9 Å². The number of carbonyl (C=O) groups excluding carboxylic acids is 1. The van der Waals surface area contributed by atoms with E-state index in [4.69, 9.17) is 14.0 Å². The van der Waals surface area contributed by atoms with Crippen LogP contribution in [0.1, 0.15) is 34.6 Å². The lowest BCUT2D eigenvalue weighted by Gasteiger charge is -2.20. The lowest BCUT2D eigenvalue weighted by atomic mass is 9.78. The molecule has 1 fully saturated rings. The molecule has 1 aromatic rings. The number of rotatable bonds is 2. The Morgan fingerprint density at radius 2 is 1.95 bits per heavy atom. The largest absolute Gasteiger partial charge is 0.565 e. The molecule has 0 unspecified atom stereocenters. The lowest BCUT2D eigenvalue weighted by Crippen LogP contribution is -2.37. The zero-order valence-corrected chi connectivity index (χ0v) is 13.7. The molecule has 0 radical (unpaired) electrons. The van der Waals surface area contributed by atoms with Crippen molar-refractivity contribution in [1.82, 2.24) is 0 Å². The van der Waals surface area contributed by atoms with Crippen LogP contribution in [0.4, 0.5) is 10.5 Å². The predicted octanol–water partition coefficient (Wildman–Crippen LogP) is 3.07. The number of para-hydroxylation sites is 1. The highest BCUT2D eigenvalue weighted by atomic mass is 16.7. The number of ether oxygens (including phenoxy) is 1. The van der Waals surface area contributed by atoms with E-state index in [0.29, 0.717) is 11.4 Å². The van der Waals surface area contributed by atoms with Crippen molar-refractivity contribution in [3.8, 4) is 0 Å². The van der Waals surface area contributed by atoms with Gasteiger partial charge in [-0.3, -0.25) is 5.32 Å². The molecule has 1 aromatic carbocycles. The smallest absolute Gasteiger partial charge is 0.534 e. The summed E-state index contributed by atoms with van der Waals surface area (Å²) in [4.78, 5) is 12.0. The van der Waals surface area contributed by atoms with Gasteiger partial charge in [-0.2, -0.15) is 0 Å². The summed E-state index contributed by atoms with van der Waals surface area (Å²) in [6, 6.07) is 7.30. The van der Waals surface area contributed by atoms with Gasteiger partial charge in [0.25, 0.3) is 0 Å². The monoisotopic (exact) mass is 303 g/mol. The maximum absolute atomic E-state index is 12.0. The molecule has 22 heavy (non-hydrogen) atoms. The number of hydrogen-bond acceptors (Lipinski definition) is 4. The normalized spacial score (nSPS) is 17.1. The third kappa shape index (κ3) is 3.82. The van der Waals surface area contributed by atoms with Crippen molar-refractivity contribution >= 4 is 24.4 Å². The Morgan fingerprint density at radius 3 is 2.50 bits per heavy atom. The topological polar surface area (TPSA) is 56.8 Å². The predicted molar refractivity (Wildman–Crippen MR) is 87.1 cm³/mol. The van der Waals surface area contributed by atoms with Crippen molar-refractivity contribution in [2.24, 2.45) is 0 Å². The number of hydrogen-bond donors (Lipinski definition) is 1. The van der Waals surface area contributed by atoms with Crippen LogP contribution in [0.2, 0.25) is 0 Å². The van der Waals surface area contributed by atoms with Crippen molar-refractivity contribution in [3.05, 3.63) is 36.6 Å². The molecule has 1 saturated heterocycles. The summed E-state index contributed by atoms with van der Waals surface area (Å²) >= 11 is 0. The number of nitrogens with one attached hydrogen (secondary N) is 1. The second kappa shape index (κ2) is 5.68. The van der Waals surface area contributed by atoms with Crippen LogP contribution in [0.25, 0.3) is 0 Å². The summed E-state index contributed by atoms with van der Waals surface area (Å²) in [6.07, 6.45) is -0.518. The van der Waals surface area contributed by atoms with E-state index < -0.39 is 24.4 Å². The fourth-order valence-electron chi connectivity index (χ4n) is 1.99. The summed E-state index contributed by atoms with van der Waals surface area (Å²) in [5, 5.41) is 2.74. The molecular weight excluding hydrogens is 281 g/mol. The fraction of sp³-hybridized carbons (Fsp3) is 0.438. The highest BCUT2D eigenvalue weighted by molar-refractivity contribution is 6.64. The standard InChI is InChI=1S/C16H22BNO4/c1-11-16(5,6)22-17(21-11)12-9-7-8-10-13(12)18-14(19)20-15(2,3)4/h7-10H,1H2,2-6H3,(H,18,19). The summed E-state index contributed by atoms with van der Waals surface area (Å²) in [5.41, 5.74) is 0.187. The van der Waals surface area contributed by atoms with Gasteiger partial charge < -0.3 is 14.0 Å². The van der Waals surface area contributed by atoms with Crippen LogP contribution >= 0.6 is 0 Å². The van der Waals surface area contributed by atoms with E-state index in [-0.39, 0.29) is 0 Å². The Morgan fingerprint density at radius 1 is 1.32 bits per heavy atom. The molecule has 2 rings (SSSR count). The Kier molecular flexibility index (Phi) is 4.24. The van der Waals surface area contributed by atoms with Crippen LogP contribution in [-0.2, 0) is 14.0 Å². The molecule has 1 aliphatic heterocycles. The molecule has 118 valence electrons. The molecule has 1 aliphatic rings.